The standard InChI is InChI=1S/C10H14F3NO4/c1-14(8(15)2-3-10(11,12)13)7-5-18-4-6(7)9(16)17/h6-7H,2-5H2,1H3,(H,16,17). The van der Waals surface area contributed by atoms with Gasteiger partial charge in [-0.25, -0.2) is 0 Å². The molecule has 0 aromatic carbocycles. The van der Waals surface area contributed by atoms with Crippen molar-refractivity contribution in [3.63, 3.8) is 0 Å². The maximum absolute atomic E-state index is 12.0. The molecule has 0 aromatic rings. The van der Waals surface area contributed by atoms with Crippen LogP contribution in [0.25, 0.3) is 0 Å². The summed E-state index contributed by atoms with van der Waals surface area (Å²) in [5, 5.41) is 8.88. The van der Waals surface area contributed by atoms with Gasteiger partial charge in [-0.15, -0.1) is 0 Å². The van der Waals surface area contributed by atoms with Gasteiger partial charge in [0, 0.05) is 13.5 Å². The minimum Gasteiger partial charge on any atom is -0.481 e. The van der Waals surface area contributed by atoms with Crippen LogP contribution in [-0.4, -0.2) is 54.4 Å². The van der Waals surface area contributed by atoms with Crippen molar-refractivity contribution in [3.05, 3.63) is 0 Å². The van der Waals surface area contributed by atoms with E-state index in [9.17, 15) is 22.8 Å². The Bertz CT molecular complexity index is 332. The Kier molecular flexibility index (Phi) is 4.55. The summed E-state index contributed by atoms with van der Waals surface area (Å²) in [7, 11) is 1.30. The predicted molar refractivity (Wildman–Crippen MR) is 53.8 cm³/mol. The Morgan fingerprint density at radius 3 is 2.50 bits per heavy atom. The topological polar surface area (TPSA) is 66.8 Å². The number of aliphatic carboxylic acids is 1. The Morgan fingerprint density at radius 1 is 1.39 bits per heavy atom. The second kappa shape index (κ2) is 5.55. The van der Waals surface area contributed by atoms with E-state index < -0.39 is 42.9 Å². The van der Waals surface area contributed by atoms with Crippen LogP contribution in [0.5, 0.6) is 0 Å². The molecule has 0 bridgehead atoms. The fraction of sp³-hybridized carbons (Fsp3) is 0.800. The first-order chi connectivity index (χ1) is 8.22. The molecule has 1 saturated heterocycles. The zero-order valence-electron chi connectivity index (χ0n) is 9.74. The van der Waals surface area contributed by atoms with Crippen LogP contribution in [0.15, 0.2) is 0 Å². The normalized spacial score (nSPS) is 24.0. The Balaban J connectivity index is 2.55. The Morgan fingerprint density at radius 2 is 2.00 bits per heavy atom. The number of carbonyl (C=O) groups is 2. The Hall–Kier alpha value is -1.31. The summed E-state index contributed by atoms with van der Waals surface area (Å²) in [6.45, 7) is 0.00210. The number of halogens is 3. The van der Waals surface area contributed by atoms with Crippen molar-refractivity contribution < 1.29 is 32.6 Å². The number of carbonyl (C=O) groups excluding carboxylic acids is 1. The quantitative estimate of drug-likeness (QED) is 0.823. The molecule has 1 aliphatic rings. The minimum absolute atomic E-state index is 0.0309. The molecule has 18 heavy (non-hydrogen) atoms. The number of ether oxygens (including phenoxy) is 1. The van der Waals surface area contributed by atoms with Gasteiger partial charge in [-0.1, -0.05) is 0 Å². The summed E-state index contributed by atoms with van der Waals surface area (Å²) in [6, 6.07) is -0.705. The van der Waals surface area contributed by atoms with Crippen LogP contribution in [0.1, 0.15) is 12.8 Å². The number of rotatable bonds is 4. The summed E-state index contributed by atoms with van der Waals surface area (Å²) >= 11 is 0. The van der Waals surface area contributed by atoms with Gasteiger partial charge < -0.3 is 14.7 Å². The molecule has 1 fully saturated rings. The number of amides is 1. The lowest BCUT2D eigenvalue weighted by Crippen LogP contribution is -2.44. The van der Waals surface area contributed by atoms with E-state index in [1.54, 1.807) is 0 Å². The van der Waals surface area contributed by atoms with Crippen molar-refractivity contribution in [2.45, 2.75) is 25.1 Å². The van der Waals surface area contributed by atoms with Crippen molar-refractivity contribution in [2.24, 2.45) is 5.92 Å². The highest BCUT2D eigenvalue weighted by Crippen LogP contribution is 2.24. The molecule has 0 radical (unpaired) electrons. The number of hydrogen-bond acceptors (Lipinski definition) is 3. The number of hydrogen-bond donors (Lipinski definition) is 1. The van der Waals surface area contributed by atoms with Crippen molar-refractivity contribution in [1.82, 2.24) is 4.90 Å². The largest absolute Gasteiger partial charge is 0.481 e. The van der Waals surface area contributed by atoms with E-state index >= 15 is 0 Å². The molecule has 8 heteroatoms. The van der Waals surface area contributed by atoms with Gasteiger partial charge in [0.25, 0.3) is 0 Å². The molecule has 1 rings (SSSR count). The lowest BCUT2D eigenvalue weighted by Gasteiger charge is -2.26. The molecule has 5 nitrogen and oxygen atoms in total. The van der Waals surface area contributed by atoms with Gasteiger partial charge in [-0.05, 0) is 0 Å². The van der Waals surface area contributed by atoms with Gasteiger partial charge in [0.2, 0.25) is 5.91 Å². The highest BCUT2D eigenvalue weighted by atomic mass is 19.4. The van der Waals surface area contributed by atoms with E-state index in [-0.39, 0.29) is 13.2 Å². The van der Waals surface area contributed by atoms with Gasteiger partial charge in [-0.2, -0.15) is 13.2 Å². The molecule has 2 unspecified atom stereocenters. The van der Waals surface area contributed by atoms with Gasteiger partial charge >= 0.3 is 12.1 Å². The molecule has 0 saturated carbocycles. The van der Waals surface area contributed by atoms with Crippen LogP contribution in [0.3, 0.4) is 0 Å². The third-order valence-electron chi connectivity index (χ3n) is 2.88. The molecule has 1 aliphatic heterocycles. The molecule has 1 N–H and O–H groups in total. The van der Waals surface area contributed by atoms with E-state index in [4.69, 9.17) is 9.84 Å². The molecule has 0 spiro atoms. The van der Waals surface area contributed by atoms with Crippen molar-refractivity contribution in [2.75, 3.05) is 20.3 Å². The zero-order valence-corrected chi connectivity index (χ0v) is 9.74. The summed E-state index contributed by atoms with van der Waals surface area (Å²) in [6.07, 6.45) is -6.28. The molecular weight excluding hydrogens is 255 g/mol. The smallest absolute Gasteiger partial charge is 0.389 e. The predicted octanol–water partition coefficient (Wildman–Crippen LogP) is 0.887. The number of carboxylic acid groups (broad SMARTS) is 1. The number of likely N-dealkylation sites (N-methyl/N-ethyl adjacent to an activating group) is 1. The lowest BCUT2D eigenvalue weighted by molar-refractivity contribution is -0.151. The maximum atomic E-state index is 12.0. The van der Waals surface area contributed by atoms with Crippen molar-refractivity contribution in [3.8, 4) is 0 Å². The number of alkyl halides is 3. The van der Waals surface area contributed by atoms with Crippen molar-refractivity contribution >= 4 is 11.9 Å². The summed E-state index contributed by atoms with van der Waals surface area (Å²) in [4.78, 5) is 23.4. The fourth-order valence-corrected chi connectivity index (χ4v) is 1.77. The van der Waals surface area contributed by atoms with Crippen LogP contribution < -0.4 is 0 Å². The van der Waals surface area contributed by atoms with Crippen LogP contribution in [0.2, 0.25) is 0 Å². The van der Waals surface area contributed by atoms with Crippen LogP contribution >= 0.6 is 0 Å². The number of carboxylic acids is 1. The Labute approximate surface area is 102 Å². The molecular formula is C10H14F3NO4. The van der Waals surface area contributed by atoms with E-state index in [2.05, 4.69) is 0 Å². The third-order valence-corrected chi connectivity index (χ3v) is 2.88. The fourth-order valence-electron chi connectivity index (χ4n) is 1.77. The summed E-state index contributed by atoms with van der Waals surface area (Å²) in [5.74, 6) is -2.73. The van der Waals surface area contributed by atoms with E-state index in [1.807, 2.05) is 0 Å². The summed E-state index contributed by atoms with van der Waals surface area (Å²) < 4.78 is 40.9. The number of nitrogens with zero attached hydrogens (tertiary/aromatic N) is 1. The first-order valence-electron chi connectivity index (χ1n) is 5.35. The van der Waals surface area contributed by atoms with Crippen LogP contribution in [0, 0.1) is 5.92 Å². The average Bonchev–Trinajstić information content (AvgIpc) is 2.72. The third kappa shape index (κ3) is 3.86. The molecule has 1 amide bonds. The van der Waals surface area contributed by atoms with Crippen LogP contribution in [0.4, 0.5) is 13.2 Å². The molecule has 0 aromatic heterocycles. The molecule has 2 atom stereocenters. The minimum atomic E-state index is -4.39. The molecule has 104 valence electrons. The van der Waals surface area contributed by atoms with E-state index in [1.165, 1.54) is 7.05 Å². The van der Waals surface area contributed by atoms with Gasteiger partial charge in [0.15, 0.2) is 0 Å². The lowest BCUT2D eigenvalue weighted by atomic mass is 10.0. The molecule has 1 heterocycles. The van der Waals surface area contributed by atoms with Crippen molar-refractivity contribution in [1.29, 1.82) is 0 Å². The SMILES string of the molecule is CN(C(=O)CCC(F)(F)F)C1COCC1C(=O)O. The van der Waals surface area contributed by atoms with Gasteiger partial charge in [-0.3, -0.25) is 9.59 Å². The second-order valence-corrected chi connectivity index (χ2v) is 4.17. The zero-order chi connectivity index (χ0) is 13.9. The highest BCUT2D eigenvalue weighted by Gasteiger charge is 2.39. The first-order valence-corrected chi connectivity index (χ1v) is 5.35. The maximum Gasteiger partial charge on any atom is 0.389 e. The second-order valence-electron chi connectivity index (χ2n) is 4.17. The van der Waals surface area contributed by atoms with E-state index in [0.717, 1.165) is 4.90 Å². The van der Waals surface area contributed by atoms with Gasteiger partial charge in [0.05, 0.1) is 25.7 Å². The highest BCUT2D eigenvalue weighted by molar-refractivity contribution is 5.78. The first kappa shape index (κ1) is 14.7. The van der Waals surface area contributed by atoms with Gasteiger partial charge in [0.1, 0.15) is 5.92 Å². The summed E-state index contributed by atoms with van der Waals surface area (Å²) in [5.41, 5.74) is 0. The van der Waals surface area contributed by atoms with E-state index in [0.29, 0.717) is 0 Å². The molecule has 0 aliphatic carbocycles. The average molecular weight is 269 g/mol. The van der Waals surface area contributed by atoms with Crippen LogP contribution in [-0.2, 0) is 14.3 Å². The monoisotopic (exact) mass is 269 g/mol.